The lowest BCUT2D eigenvalue weighted by molar-refractivity contribution is -0.384. The number of hydrogen-bond donors (Lipinski definition) is 2. The highest BCUT2D eigenvalue weighted by Crippen LogP contribution is 2.26. The van der Waals surface area contributed by atoms with Gasteiger partial charge in [-0.2, -0.15) is 0 Å². The SMILES string of the molecule is CC[C@@H](C)c1ccc(NC(=S)NC(=O)c2ccc(-c3cccc([N+](=O)[O-])c3)o2)cc1. The van der Waals surface area contributed by atoms with E-state index in [9.17, 15) is 14.9 Å². The molecule has 1 amide bonds. The number of anilines is 1. The Kier molecular flexibility index (Phi) is 6.58. The van der Waals surface area contributed by atoms with Crippen LogP contribution < -0.4 is 10.6 Å². The van der Waals surface area contributed by atoms with Gasteiger partial charge in [-0.1, -0.05) is 38.1 Å². The summed E-state index contributed by atoms with van der Waals surface area (Å²) in [4.78, 5) is 22.8. The van der Waals surface area contributed by atoms with Crippen molar-refractivity contribution in [2.24, 2.45) is 0 Å². The molecular formula is C22H21N3O4S. The Bertz CT molecular complexity index is 1080. The van der Waals surface area contributed by atoms with Crippen molar-refractivity contribution in [3.8, 4) is 11.3 Å². The molecule has 0 radical (unpaired) electrons. The number of nitrogens with zero attached hydrogens (tertiary/aromatic N) is 1. The number of carbonyl (C=O) groups excluding carboxylic acids is 1. The molecule has 3 rings (SSSR count). The van der Waals surface area contributed by atoms with E-state index < -0.39 is 10.8 Å². The van der Waals surface area contributed by atoms with Gasteiger partial charge in [-0.15, -0.1) is 0 Å². The molecule has 2 N–H and O–H groups in total. The van der Waals surface area contributed by atoms with Gasteiger partial charge in [-0.25, -0.2) is 0 Å². The van der Waals surface area contributed by atoms with E-state index in [0.717, 1.165) is 12.1 Å². The molecule has 0 bridgehead atoms. The van der Waals surface area contributed by atoms with Crippen LogP contribution in [0.3, 0.4) is 0 Å². The summed E-state index contributed by atoms with van der Waals surface area (Å²) in [7, 11) is 0. The number of thiocarbonyl (C=S) groups is 1. The number of hydrogen-bond acceptors (Lipinski definition) is 5. The maximum Gasteiger partial charge on any atom is 0.293 e. The smallest absolute Gasteiger partial charge is 0.293 e. The van der Waals surface area contributed by atoms with Gasteiger partial charge in [0.05, 0.1) is 4.92 Å². The number of nitro benzene ring substituents is 1. The zero-order valence-corrected chi connectivity index (χ0v) is 17.4. The monoisotopic (exact) mass is 423 g/mol. The molecule has 3 aromatic rings. The average Bonchev–Trinajstić information content (AvgIpc) is 3.24. The third kappa shape index (κ3) is 5.09. The van der Waals surface area contributed by atoms with Crippen molar-refractivity contribution in [2.45, 2.75) is 26.2 Å². The summed E-state index contributed by atoms with van der Waals surface area (Å²) in [5.74, 6) is 0.362. The van der Waals surface area contributed by atoms with E-state index >= 15 is 0 Å². The first-order valence-electron chi connectivity index (χ1n) is 9.44. The van der Waals surface area contributed by atoms with Crippen molar-refractivity contribution in [3.63, 3.8) is 0 Å². The number of rotatable bonds is 6. The Morgan fingerprint density at radius 2 is 1.90 bits per heavy atom. The van der Waals surface area contributed by atoms with Gasteiger partial charge < -0.3 is 9.73 Å². The van der Waals surface area contributed by atoms with Crippen molar-refractivity contribution in [1.82, 2.24) is 5.32 Å². The fourth-order valence-electron chi connectivity index (χ4n) is 2.85. The lowest BCUT2D eigenvalue weighted by Gasteiger charge is -2.12. The lowest BCUT2D eigenvalue weighted by Crippen LogP contribution is -2.33. The average molecular weight is 423 g/mol. The highest BCUT2D eigenvalue weighted by molar-refractivity contribution is 7.80. The fraction of sp³-hybridized carbons (Fsp3) is 0.182. The summed E-state index contributed by atoms with van der Waals surface area (Å²) < 4.78 is 5.55. The minimum Gasteiger partial charge on any atom is -0.451 e. The summed E-state index contributed by atoms with van der Waals surface area (Å²) in [6.07, 6.45) is 1.06. The quantitative estimate of drug-likeness (QED) is 0.309. The van der Waals surface area contributed by atoms with Gasteiger partial charge in [0.15, 0.2) is 10.9 Å². The van der Waals surface area contributed by atoms with E-state index in [4.69, 9.17) is 16.6 Å². The van der Waals surface area contributed by atoms with Crippen LogP contribution in [0.2, 0.25) is 0 Å². The summed E-state index contributed by atoms with van der Waals surface area (Å²) in [6, 6.07) is 16.9. The van der Waals surface area contributed by atoms with Crippen LogP contribution >= 0.6 is 12.2 Å². The molecule has 8 heteroatoms. The van der Waals surface area contributed by atoms with Crippen LogP contribution in [0.15, 0.2) is 65.1 Å². The second-order valence-corrected chi connectivity index (χ2v) is 7.22. The Morgan fingerprint density at radius 1 is 1.17 bits per heavy atom. The van der Waals surface area contributed by atoms with E-state index in [0.29, 0.717) is 17.2 Å². The molecule has 0 aliphatic rings. The van der Waals surface area contributed by atoms with Crippen LogP contribution in [-0.2, 0) is 0 Å². The number of amides is 1. The van der Waals surface area contributed by atoms with E-state index in [-0.39, 0.29) is 16.6 Å². The molecule has 0 aliphatic carbocycles. The summed E-state index contributed by atoms with van der Waals surface area (Å²) in [6.45, 7) is 4.30. The minimum absolute atomic E-state index is 0.0489. The predicted octanol–water partition coefficient (Wildman–Crippen LogP) is 5.50. The highest BCUT2D eigenvalue weighted by atomic mass is 32.1. The third-order valence-electron chi connectivity index (χ3n) is 4.75. The largest absolute Gasteiger partial charge is 0.451 e. The van der Waals surface area contributed by atoms with Crippen molar-refractivity contribution in [3.05, 3.63) is 82.1 Å². The summed E-state index contributed by atoms with van der Waals surface area (Å²) >= 11 is 5.21. The molecule has 154 valence electrons. The van der Waals surface area contributed by atoms with Gasteiger partial charge in [-0.3, -0.25) is 20.2 Å². The summed E-state index contributed by atoms with van der Waals surface area (Å²) in [5.41, 5.74) is 2.45. The Labute approximate surface area is 179 Å². The number of nitrogens with one attached hydrogen (secondary N) is 2. The first-order chi connectivity index (χ1) is 14.4. The molecule has 0 aliphatic heterocycles. The maximum absolute atomic E-state index is 12.4. The van der Waals surface area contributed by atoms with Crippen molar-refractivity contribution in [2.75, 3.05) is 5.32 Å². The van der Waals surface area contributed by atoms with Gasteiger partial charge in [-0.05, 0) is 54.4 Å². The lowest BCUT2D eigenvalue weighted by atomic mass is 9.99. The van der Waals surface area contributed by atoms with Crippen molar-refractivity contribution in [1.29, 1.82) is 0 Å². The minimum atomic E-state index is -0.514. The van der Waals surface area contributed by atoms with E-state index in [1.54, 1.807) is 18.2 Å². The molecule has 30 heavy (non-hydrogen) atoms. The normalized spacial score (nSPS) is 11.5. The molecule has 1 aromatic heterocycles. The van der Waals surface area contributed by atoms with Gasteiger partial charge >= 0.3 is 0 Å². The van der Waals surface area contributed by atoms with Crippen LogP contribution in [0.25, 0.3) is 11.3 Å². The first-order valence-corrected chi connectivity index (χ1v) is 9.85. The molecule has 7 nitrogen and oxygen atoms in total. The molecule has 0 spiro atoms. The summed E-state index contributed by atoms with van der Waals surface area (Å²) in [5, 5.41) is 16.6. The molecular weight excluding hydrogens is 402 g/mol. The Balaban J connectivity index is 1.63. The number of benzene rings is 2. The van der Waals surface area contributed by atoms with Gasteiger partial charge in [0.1, 0.15) is 5.76 Å². The van der Waals surface area contributed by atoms with Gasteiger partial charge in [0.25, 0.3) is 11.6 Å². The highest BCUT2D eigenvalue weighted by Gasteiger charge is 2.15. The molecule has 0 saturated heterocycles. The second-order valence-electron chi connectivity index (χ2n) is 6.81. The van der Waals surface area contributed by atoms with E-state index in [2.05, 4.69) is 24.5 Å². The van der Waals surface area contributed by atoms with Crippen LogP contribution in [0.1, 0.15) is 42.3 Å². The fourth-order valence-corrected chi connectivity index (χ4v) is 3.06. The van der Waals surface area contributed by atoms with Crippen LogP contribution in [-0.4, -0.2) is 15.9 Å². The number of non-ortho nitro benzene ring substituents is 1. The topological polar surface area (TPSA) is 97.4 Å². The standard InChI is InChI=1S/C22H21N3O4S/c1-3-14(2)15-7-9-17(10-8-15)23-22(30)24-21(26)20-12-11-19(29-20)16-5-4-6-18(13-16)25(27)28/h4-14H,3H2,1-2H3,(H2,23,24,26,30)/t14-/m1/s1. The zero-order valence-electron chi connectivity index (χ0n) is 16.5. The molecule has 1 heterocycles. The Morgan fingerprint density at radius 3 is 2.57 bits per heavy atom. The van der Waals surface area contributed by atoms with Gasteiger partial charge in [0, 0.05) is 23.4 Å². The second kappa shape index (κ2) is 9.32. The Hall–Kier alpha value is -3.52. The van der Waals surface area contributed by atoms with Crippen LogP contribution in [0, 0.1) is 10.1 Å². The number of carbonyl (C=O) groups is 1. The molecule has 2 aromatic carbocycles. The molecule has 1 atom stereocenters. The number of furan rings is 1. The predicted molar refractivity (Wildman–Crippen MR) is 120 cm³/mol. The van der Waals surface area contributed by atoms with Crippen molar-refractivity contribution < 1.29 is 14.1 Å². The van der Waals surface area contributed by atoms with Crippen LogP contribution in [0.5, 0.6) is 0 Å². The van der Waals surface area contributed by atoms with E-state index in [1.807, 2.05) is 24.3 Å². The molecule has 0 unspecified atom stereocenters. The van der Waals surface area contributed by atoms with E-state index in [1.165, 1.54) is 23.8 Å². The van der Waals surface area contributed by atoms with Crippen molar-refractivity contribution >= 4 is 34.6 Å². The maximum atomic E-state index is 12.4. The zero-order chi connectivity index (χ0) is 21.7. The molecule has 0 saturated carbocycles. The third-order valence-corrected chi connectivity index (χ3v) is 4.95. The van der Waals surface area contributed by atoms with Crippen LogP contribution in [0.4, 0.5) is 11.4 Å². The van der Waals surface area contributed by atoms with Gasteiger partial charge in [0.2, 0.25) is 0 Å². The first kappa shape index (κ1) is 21.2. The molecule has 0 fully saturated rings. The number of nitro groups is 1.